The lowest BCUT2D eigenvalue weighted by molar-refractivity contribution is -0.122. The van der Waals surface area contributed by atoms with E-state index >= 15 is 0 Å². The molecule has 1 aliphatic heterocycles. The van der Waals surface area contributed by atoms with Crippen LogP contribution in [-0.2, 0) is 4.79 Å². The highest BCUT2D eigenvalue weighted by Crippen LogP contribution is 2.27. The summed E-state index contributed by atoms with van der Waals surface area (Å²) in [5.74, 6) is 0.876. The topological polar surface area (TPSA) is 41.6 Å². The highest BCUT2D eigenvalue weighted by atomic mass is 16.5. The Labute approximate surface area is 162 Å². The molecule has 1 saturated heterocycles. The zero-order valence-corrected chi connectivity index (χ0v) is 16.4. The molecule has 2 aromatic rings. The summed E-state index contributed by atoms with van der Waals surface area (Å²) in [6.07, 6.45) is 3.25. The van der Waals surface area contributed by atoms with Gasteiger partial charge in [-0.05, 0) is 55.6 Å². The summed E-state index contributed by atoms with van der Waals surface area (Å²) < 4.78 is 5.28. The minimum absolute atomic E-state index is 0.0960. The number of methoxy groups -OCH3 is 1. The second-order valence-corrected chi connectivity index (χ2v) is 7.15. The summed E-state index contributed by atoms with van der Waals surface area (Å²) in [5, 5.41) is 3.22. The van der Waals surface area contributed by atoms with Gasteiger partial charge >= 0.3 is 0 Å². The van der Waals surface area contributed by atoms with Gasteiger partial charge in [-0.2, -0.15) is 0 Å². The summed E-state index contributed by atoms with van der Waals surface area (Å²) in [4.78, 5) is 15.4. The number of carbonyl (C=O) groups excluding carboxylic acids is 1. The number of nitrogens with zero attached hydrogens (tertiary/aromatic N) is 1. The Morgan fingerprint density at radius 3 is 2.30 bits per heavy atom. The number of hydrogen-bond acceptors (Lipinski definition) is 3. The van der Waals surface area contributed by atoms with Crippen molar-refractivity contribution in [2.75, 3.05) is 26.7 Å². The molecule has 0 aromatic heterocycles. The van der Waals surface area contributed by atoms with E-state index in [0.717, 1.165) is 30.8 Å². The van der Waals surface area contributed by atoms with Gasteiger partial charge in [-0.3, -0.25) is 9.69 Å². The van der Waals surface area contributed by atoms with E-state index in [0.29, 0.717) is 6.54 Å². The van der Waals surface area contributed by atoms with Gasteiger partial charge in [-0.25, -0.2) is 0 Å². The van der Waals surface area contributed by atoms with E-state index in [4.69, 9.17) is 4.74 Å². The fourth-order valence-electron chi connectivity index (χ4n) is 3.92. The third kappa shape index (κ3) is 4.89. The third-order valence-corrected chi connectivity index (χ3v) is 5.48. The molecule has 0 unspecified atom stereocenters. The number of carbonyl (C=O) groups is 1. The molecule has 4 nitrogen and oxygen atoms in total. The number of ether oxygens (including phenoxy) is 1. The standard InChI is InChI=1S/C23H30N2O2/c1-3-21(18-9-5-4-6-10-18)23(26)24-17-22(25-15-7-8-16-25)19-11-13-20(27-2)14-12-19/h4-6,9-14,21-22H,3,7-8,15-17H2,1-2H3,(H,24,26)/t21-,22-/m1/s1. The van der Waals surface area contributed by atoms with Crippen LogP contribution < -0.4 is 10.1 Å². The van der Waals surface area contributed by atoms with Crippen molar-refractivity contribution in [3.63, 3.8) is 0 Å². The van der Waals surface area contributed by atoms with Crippen molar-refractivity contribution in [3.05, 3.63) is 65.7 Å². The van der Waals surface area contributed by atoms with Crippen LogP contribution in [0.15, 0.2) is 54.6 Å². The highest BCUT2D eigenvalue weighted by molar-refractivity contribution is 5.83. The van der Waals surface area contributed by atoms with Crippen LogP contribution in [0.4, 0.5) is 0 Å². The maximum Gasteiger partial charge on any atom is 0.227 e. The maximum atomic E-state index is 12.9. The van der Waals surface area contributed by atoms with Crippen molar-refractivity contribution in [1.82, 2.24) is 10.2 Å². The quantitative estimate of drug-likeness (QED) is 0.763. The van der Waals surface area contributed by atoms with Crippen molar-refractivity contribution in [2.24, 2.45) is 0 Å². The summed E-state index contributed by atoms with van der Waals surface area (Å²) in [7, 11) is 1.68. The molecule has 2 aromatic carbocycles. The minimum Gasteiger partial charge on any atom is -0.497 e. The molecule has 144 valence electrons. The Morgan fingerprint density at radius 1 is 1.04 bits per heavy atom. The Kier molecular flexibility index (Phi) is 6.88. The maximum absolute atomic E-state index is 12.9. The average molecular weight is 367 g/mol. The molecule has 0 aliphatic carbocycles. The third-order valence-electron chi connectivity index (χ3n) is 5.48. The largest absolute Gasteiger partial charge is 0.497 e. The Hall–Kier alpha value is -2.33. The van der Waals surface area contributed by atoms with Crippen molar-refractivity contribution in [2.45, 2.75) is 38.1 Å². The zero-order valence-electron chi connectivity index (χ0n) is 16.4. The lowest BCUT2D eigenvalue weighted by atomic mass is 9.95. The van der Waals surface area contributed by atoms with E-state index in [1.165, 1.54) is 18.4 Å². The van der Waals surface area contributed by atoms with E-state index in [-0.39, 0.29) is 17.9 Å². The summed E-state index contributed by atoms with van der Waals surface area (Å²) in [6, 6.07) is 18.5. The van der Waals surface area contributed by atoms with Crippen LogP contribution in [0.1, 0.15) is 49.3 Å². The first-order chi connectivity index (χ1) is 13.2. The van der Waals surface area contributed by atoms with Gasteiger partial charge < -0.3 is 10.1 Å². The molecule has 1 amide bonds. The molecule has 1 N–H and O–H groups in total. The fraction of sp³-hybridized carbons (Fsp3) is 0.435. The molecule has 4 heteroatoms. The second-order valence-electron chi connectivity index (χ2n) is 7.15. The minimum atomic E-state index is -0.0960. The number of benzene rings is 2. The smallest absolute Gasteiger partial charge is 0.227 e. The predicted molar refractivity (Wildman–Crippen MR) is 109 cm³/mol. The zero-order chi connectivity index (χ0) is 19.1. The first kappa shape index (κ1) is 19.4. The highest BCUT2D eigenvalue weighted by Gasteiger charge is 2.25. The van der Waals surface area contributed by atoms with E-state index in [2.05, 4.69) is 29.3 Å². The number of likely N-dealkylation sites (tertiary alicyclic amines) is 1. The normalized spacial score (nSPS) is 16.7. The molecule has 0 radical (unpaired) electrons. The van der Waals surface area contributed by atoms with Gasteiger partial charge in [-0.1, -0.05) is 49.4 Å². The Balaban J connectivity index is 1.70. The average Bonchev–Trinajstić information content (AvgIpc) is 3.24. The van der Waals surface area contributed by atoms with E-state index in [9.17, 15) is 4.79 Å². The van der Waals surface area contributed by atoms with Crippen LogP contribution >= 0.6 is 0 Å². The van der Waals surface area contributed by atoms with Crippen LogP contribution in [0.25, 0.3) is 0 Å². The van der Waals surface area contributed by atoms with E-state index < -0.39 is 0 Å². The van der Waals surface area contributed by atoms with Gasteiger partial charge in [0.2, 0.25) is 5.91 Å². The Morgan fingerprint density at radius 2 is 1.70 bits per heavy atom. The first-order valence-electron chi connectivity index (χ1n) is 9.93. The monoisotopic (exact) mass is 366 g/mol. The lowest BCUT2D eigenvalue weighted by Gasteiger charge is -2.29. The second kappa shape index (κ2) is 9.56. The molecule has 2 atom stereocenters. The van der Waals surface area contributed by atoms with Gasteiger partial charge in [-0.15, -0.1) is 0 Å². The fourth-order valence-corrected chi connectivity index (χ4v) is 3.92. The van der Waals surface area contributed by atoms with Gasteiger partial charge in [0.1, 0.15) is 5.75 Å². The van der Waals surface area contributed by atoms with Gasteiger partial charge in [0.05, 0.1) is 19.1 Å². The molecule has 0 saturated carbocycles. The van der Waals surface area contributed by atoms with Crippen molar-refractivity contribution in [1.29, 1.82) is 0 Å². The van der Waals surface area contributed by atoms with Crippen LogP contribution in [0, 0.1) is 0 Å². The van der Waals surface area contributed by atoms with E-state index in [1.807, 2.05) is 42.5 Å². The molecular weight excluding hydrogens is 336 g/mol. The van der Waals surface area contributed by atoms with Crippen molar-refractivity contribution >= 4 is 5.91 Å². The lowest BCUT2D eigenvalue weighted by Crippen LogP contribution is -2.38. The number of nitrogens with one attached hydrogen (secondary N) is 1. The van der Waals surface area contributed by atoms with Crippen LogP contribution in [0.2, 0.25) is 0 Å². The SMILES string of the molecule is CC[C@@H](C(=O)NC[C@H](c1ccc(OC)cc1)N1CCCC1)c1ccccc1. The molecular formula is C23H30N2O2. The molecule has 0 spiro atoms. The first-order valence-corrected chi connectivity index (χ1v) is 9.93. The van der Waals surface area contributed by atoms with Crippen LogP contribution in [0.5, 0.6) is 5.75 Å². The number of rotatable bonds is 8. The molecule has 27 heavy (non-hydrogen) atoms. The van der Waals surface area contributed by atoms with Gasteiger partial charge in [0.25, 0.3) is 0 Å². The molecule has 1 fully saturated rings. The van der Waals surface area contributed by atoms with Crippen LogP contribution in [-0.4, -0.2) is 37.6 Å². The van der Waals surface area contributed by atoms with Crippen molar-refractivity contribution in [3.8, 4) is 5.75 Å². The van der Waals surface area contributed by atoms with E-state index in [1.54, 1.807) is 7.11 Å². The molecule has 1 aliphatic rings. The summed E-state index contributed by atoms with van der Waals surface area (Å²) >= 11 is 0. The number of amides is 1. The van der Waals surface area contributed by atoms with Crippen LogP contribution in [0.3, 0.4) is 0 Å². The summed E-state index contributed by atoms with van der Waals surface area (Å²) in [6.45, 7) is 4.87. The van der Waals surface area contributed by atoms with Crippen molar-refractivity contribution < 1.29 is 9.53 Å². The molecule has 3 rings (SSSR count). The van der Waals surface area contributed by atoms with Gasteiger partial charge in [0.15, 0.2) is 0 Å². The predicted octanol–water partition coefficient (Wildman–Crippen LogP) is 4.14. The molecule has 1 heterocycles. The van der Waals surface area contributed by atoms with Gasteiger partial charge in [0, 0.05) is 6.54 Å². The number of hydrogen-bond donors (Lipinski definition) is 1. The molecule has 0 bridgehead atoms. The Bertz CT molecular complexity index is 709. The summed E-state index contributed by atoms with van der Waals surface area (Å²) in [5.41, 5.74) is 2.31.